The maximum Gasteiger partial charge on any atom is 0.147 e. The Morgan fingerprint density at radius 2 is 2.00 bits per heavy atom. The Labute approximate surface area is 107 Å². The van der Waals surface area contributed by atoms with Crippen LogP contribution in [0.1, 0.15) is 24.9 Å². The lowest BCUT2D eigenvalue weighted by atomic mass is 10.1. The Hall–Kier alpha value is -1.27. The van der Waals surface area contributed by atoms with Crippen LogP contribution in [0.5, 0.6) is 11.5 Å². The predicted octanol–water partition coefficient (Wildman–Crippen LogP) is 1.18. The van der Waals surface area contributed by atoms with Crippen LogP contribution in [0.15, 0.2) is 18.2 Å². The van der Waals surface area contributed by atoms with Gasteiger partial charge in [-0.3, -0.25) is 0 Å². The third-order valence-corrected chi connectivity index (χ3v) is 3.65. The number of phenols is 2. The first kappa shape index (κ1) is 14.8. The van der Waals surface area contributed by atoms with Gasteiger partial charge in [0.2, 0.25) is 0 Å². The maximum absolute atomic E-state index is 10.9. The summed E-state index contributed by atoms with van der Waals surface area (Å²) < 4.78 is 21.9. The molecule has 1 rings (SSSR count). The minimum absolute atomic E-state index is 0.0904. The topological polar surface area (TPSA) is 86.6 Å². The van der Waals surface area contributed by atoms with Gasteiger partial charge in [0, 0.05) is 17.9 Å². The van der Waals surface area contributed by atoms with Crippen molar-refractivity contribution in [3.63, 3.8) is 0 Å². The van der Waals surface area contributed by atoms with Gasteiger partial charge >= 0.3 is 0 Å². The summed E-state index contributed by atoms with van der Waals surface area (Å²) in [6, 6.07) is 4.18. The molecule has 0 aliphatic rings. The summed E-state index contributed by atoms with van der Waals surface area (Å²) >= 11 is 0. The summed E-state index contributed by atoms with van der Waals surface area (Å²) in [6.45, 7) is 2.37. The molecule has 0 aliphatic carbocycles. The summed E-state index contributed by atoms with van der Waals surface area (Å²) in [5.41, 5.74) is 0.592. The number of hydrogen-bond donors (Lipinski definition) is 3. The smallest absolute Gasteiger partial charge is 0.147 e. The molecule has 1 atom stereocenters. The quantitative estimate of drug-likeness (QED) is 0.535. The van der Waals surface area contributed by atoms with Crippen molar-refractivity contribution in [2.24, 2.45) is 0 Å². The fraction of sp³-hybridized carbons (Fsp3) is 0.500. The Morgan fingerprint density at radius 1 is 1.33 bits per heavy atom. The third-order valence-electron chi connectivity index (χ3n) is 2.62. The second-order valence-electron chi connectivity index (χ2n) is 4.40. The zero-order valence-electron chi connectivity index (χ0n) is 10.5. The molecule has 0 fully saturated rings. The largest absolute Gasteiger partial charge is 0.508 e. The van der Waals surface area contributed by atoms with Crippen LogP contribution in [-0.4, -0.2) is 37.2 Å². The van der Waals surface area contributed by atoms with E-state index in [1.54, 1.807) is 0 Å². The van der Waals surface area contributed by atoms with E-state index in [1.165, 1.54) is 24.5 Å². The van der Waals surface area contributed by atoms with Crippen LogP contribution < -0.4 is 5.32 Å². The molecule has 0 spiro atoms. The number of phenolic OH excluding ortho intramolecular Hbond substituents is 2. The fourth-order valence-electron chi connectivity index (χ4n) is 1.65. The molecular weight excluding hydrogens is 254 g/mol. The number of hydrogen-bond acceptors (Lipinski definition) is 5. The van der Waals surface area contributed by atoms with Crippen LogP contribution in [0.25, 0.3) is 0 Å². The zero-order chi connectivity index (χ0) is 13.8. The number of benzene rings is 1. The Kier molecular flexibility index (Phi) is 4.98. The highest BCUT2D eigenvalue weighted by Crippen LogP contribution is 2.27. The average molecular weight is 273 g/mol. The molecule has 0 aliphatic heterocycles. The third kappa shape index (κ3) is 4.93. The second-order valence-corrected chi connectivity index (χ2v) is 6.66. The van der Waals surface area contributed by atoms with Crippen molar-refractivity contribution in [3.8, 4) is 11.5 Å². The predicted molar refractivity (Wildman–Crippen MR) is 70.5 cm³/mol. The van der Waals surface area contributed by atoms with Crippen molar-refractivity contribution >= 4 is 9.84 Å². The van der Waals surface area contributed by atoms with E-state index in [1.807, 2.05) is 6.92 Å². The normalized spacial score (nSPS) is 13.4. The van der Waals surface area contributed by atoms with E-state index in [0.29, 0.717) is 18.5 Å². The standard InChI is InChI=1S/C12H19NO4S/c1-9(13-6-3-7-18(2,16)17)11-8-10(14)4-5-12(11)15/h4-5,8-9,13-15H,3,6-7H2,1-2H3. The Morgan fingerprint density at radius 3 is 2.61 bits per heavy atom. The molecule has 18 heavy (non-hydrogen) atoms. The van der Waals surface area contributed by atoms with E-state index in [4.69, 9.17) is 0 Å². The van der Waals surface area contributed by atoms with E-state index < -0.39 is 9.84 Å². The highest BCUT2D eigenvalue weighted by atomic mass is 32.2. The molecule has 0 saturated carbocycles. The maximum atomic E-state index is 10.9. The van der Waals surface area contributed by atoms with E-state index in [2.05, 4.69) is 5.32 Å². The van der Waals surface area contributed by atoms with Crippen LogP contribution in [0.3, 0.4) is 0 Å². The molecule has 1 aromatic carbocycles. The van der Waals surface area contributed by atoms with E-state index in [9.17, 15) is 18.6 Å². The van der Waals surface area contributed by atoms with Crippen LogP contribution >= 0.6 is 0 Å². The van der Waals surface area contributed by atoms with Crippen molar-refractivity contribution in [2.75, 3.05) is 18.6 Å². The molecular formula is C12H19NO4S. The van der Waals surface area contributed by atoms with Gasteiger partial charge in [0.05, 0.1) is 5.75 Å². The highest BCUT2D eigenvalue weighted by molar-refractivity contribution is 7.90. The van der Waals surface area contributed by atoms with Crippen LogP contribution in [0, 0.1) is 0 Å². The van der Waals surface area contributed by atoms with Crippen LogP contribution in [0.4, 0.5) is 0 Å². The SMILES string of the molecule is CC(NCCCS(C)(=O)=O)c1cc(O)ccc1O. The minimum atomic E-state index is -2.93. The lowest BCUT2D eigenvalue weighted by Crippen LogP contribution is -2.21. The first-order chi connectivity index (χ1) is 8.29. The fourth-order valence-corrected chi connectivity index (χ4v) is 2.32. The van der Waals surface area contributed by atoms with Crippen molar-refractivity contribution in [1.29, 1.82) is 0 Å². The Balaban J connectivity index is 2.50. The molecule has 0 saturated heterocycles. The number of aromatic hydroxyl groups is 2. The average Bonchev–Trinajstić information content (AvgIpc) is 2.26. The molecule has 0 bridgehead atoms. The van der Waals surface area contributed by atoms with E-state index >= 15 is 0 Å². The molecule has 1 unspecified atom stereocenters. The van der Waals surface area contributed by atoms with Gasteiger partial charge in [-0.05, 0) is 38.1 Å². The minimum Gasteiger partial charge on any atom is -0.508 e. The monoisotopic (exact) mass is 273 g/mol. The summed E-state index contributed by atoms with van der Waals surface area (Å²) in [5.74, 6) is 0.335. The lowest BCUT2D eigenvalue weighted by Gasteiger charge is -2.15. The lowest BCUT2D eigenvalue weighted by molar-refractivity contribution is 0.441. The van der Waals surface area contributed by atoms with Gasteiger partial charge < -0.3 is 15.5 Å². The molecule has 6 heteroatoms. The van der Waals surface area contributed by atoms with Crippen molar-refractivity contribution in [3.05, 3.63) is 23.8 Å². The number of rotatable bonds is 6. The number of sulfone groups is 1. The van der Waals surface area contributed by atoms with E-state index in [0.717, 1.165) is 0 Å². The second kappa shape index (κ2) is 6.06. The summed E-state index contributed by atoms with van der Waals surface area (Å²) in [4.78, 5) is 0. The zero-order valence-corrected chi connectivity index (χ0v) is 11.4. The van der Waals surface area contributed by atoms with Gasteiger partial charge in [0.25, 0.3) is 0 Å². The summed E-state index contributed by atoms with van der Waals surface area (Å²) in [5, 5.41) is 22.1. The molecule has 0 radical (unpaired) electrons. The van der Waals surface area contributed by atoms with Gasteiger partial charge in [-0.1, -0.05) is 0 Å². The van der Waals surface area contributed by atoms with Gasteiger partial charge in [0.1, 0.15) is 21.3 Å². The molecule has 0 aromatic heterocycles. The van der Waals surface area contributed by atoms with Gasteiger partial charge in [-0.25, -0.2) is 8.42 Å². The molecule has 0 heterocycles. The van der Waals surface area contributed by atoms with Gasteiger partial charge in [0.15, 0.2) is 0 Å². The molecule has 5 nitrogen and oxygen atoms in total. The molecule has 1 aromatic rings. The van der Waals surface area contributed by atoms with Crippen molar-refractivity contribution < 1.29 is 18.6 Å². The molecule has 0 amide bonds. The van der Waals surface area contributed by atoms with Gasteiger partial charge in [-0.15, -0.1) is 0 Å². The summed E-state index contributed by atoms with van der Waals surface area (Å²) in [7, 11) is -2.93. The first-order valence-corrected chi connectivity index (χ1v) is 7.78. The van der Waals surface area contributed by atoms with Crippen molar-refractivity contribution in [2.45, 2.75) is 19.4 Å². The number of nitrogens with one attached hydrogen (secondary N) is 1. The van der Waals surface area contributed by atoms with Crippen molar-refractivity contribution in [1.82, 2.24) is 5.32 Å². The molecule has 102 valence electrons. The molecule has 3 N–H and O–H groups in total. The van der Waals surface area contributed by atoms with Crippen LogP contribution in [-0.2, 0) is 9.84 Å². The van der Waals surface area contributed by atoms with E-state index in [-0.39, 0.29) is 23.3 Å². The summed E-state index contributed by atoms with van der Waals surface area (Å²) in [6.07, 6.45) is 1.72. The highest BCUT2D eigenvalue weighted by Gasteiger charge is 2.11. The Bertz CT molecular complexity index is 499. The van der Waals surface area contributed by atoms with Crippen LogP contribution in [0.2, 0.25) is 0 Å². The van der Waals surface area contributed by atoms with Gasteiger partial charge in [-0.2, -0.15) is 0 Å². The first-order valence-electron chi connectivity index (χ1n) is 5.72.